The summed E-state index contributed by atoms with van der Waals surface area (Å²) in [4.78, 5) is 22.3. The molecule has 22 heavy (non-hydrogen) atoms. The number of ether oxygens (including phenoxy) is 1. The monoisotopic (exact) mass is 388 g/mol. The van der Waals surface area contributed by atoms with Crippen molar-refractivity contribution in [2.75, 3.05) is 0 Å². The SMILES string of the molecule is CC.CC.Cc1ccc(OC2CCC(=O)NC2=O)cc1F.[HH].[Y]. The fourth-order valence-corrected chi connectivity index (χ4v) is 1.60. The number of halogens is 1. The van der Waals surface area contributed by atoms with E-state index in [1.165, 1.54) is 6.07 Å². The van der Waals surface area contributed by atoms with Crippen LogP contribution in [0.15, 0.2) is 18.2 Å². The van der Waals surface area contributed by atoms with Crippen LogP contribution in [0.3, 0.4) is 0 Å². The van der Waals surface area contributed by atoms with Crippen LogP contribution in [-0.2, 0) is 42.3 Å². The Kier molecular flexibility index (Phi) is 13.6. The first-order valence-electron chi connectivity index (χ1n) is 7.33. The second-order valence-electron chi connectivity index (χ2n) is 3.97. The minimum Gasteiger partial charge on any atom is -0.480 e. The van der Waals surface area contributed by atoms with E-state index in [4.69, 9.17) is 4.74 Å². The van der Waals surface area contributed by atoms with Crippen molar-refractivity contribution in [1.29, 1.82) is 0 Å². The van der Waals surface area contributed by atoms with Crippen molar-refractivity contribution in [3.05, 3.63) is 29.6 Å². The Hall–Kier alpha value is -0.806. The summed E-state index contributed by atoms with van der Waals surface area (Å²) in [6, 6.07) is 4.41. The summed E-state index contributed by atoms with van der Waals surface area (Å²) in [5.74, 6) is -0.857. The molecule has 1 unspecified atom stereocenters. The van der Waals surface area contributed by atoms with Crippen LogP contribution in [0.2, 0.25) is 0 Å². The number of piperidine rings is 1. The smallest absolute Gasteiger partial charge is 0.267 e. The fraction of sp³-hybridized carbons (Fsp3) is 0.500. The molecular formula is C16H26FNO3Y. The topological polar surface area (TPSA) is 55.4 Å². The summed E-state index contributed by atoms with van der Waals surface area (Å²) in [7, 11) is 0. The predicted molar refractivity (Wildman–Crippen MR) is 82.7 cm³/mol. The average Bonchev–Trinajstić information content (AvgIpc) is 2.50. The van der Waals surface area contributed by atoms with Crippen LogP contribution < -0.4 is 10.1 Å². The van der Waals surface area contributed by atoms with Crippen molar-refractivity contribution >= 4 is 11.8 Å². The zero-order valence-electron chi connectivity index (χ0n) is 13.9. The summed E-state index contributed by atoms with van der Waals surface area (Å²) >= 11 is 0. The van der Waals surface area contributed by atoms with Crippen LogP contribution in [0.1, 0.15) is 47.5 Å². The maximum Gasteiger partial charge on any atom is 0.267 e. The van der Waals surface area contributed by atoms with E-state index in [-0.39, 0.29) is 52.3 Å². The number of carbonyl (C=O) groups excluding carboxylic acids is 2. The second kappa shape index (κ2) is 12.7. The minimum absolute atomic E-state index is 0. The van der Waals surface area contributed by atoms with E-state index in [1.54, 1.807) is 19.1 Å². The van der Waals surface area contributed by atoms with Crippen LogP contribution in [0.4, 0.5) is 4.39 Å². The summed E-state index contributed by atoms with van der Waals surface area (Å²) in [6.45, 7) is 9.64. The predicted octanol–water partition coefficient (Wildman–Crippen LogP) is 3.61. The van der Waals surface area contributed by atoms with Gasteiger partial charge in [-0.2, -0.15) is 0 Å². The van der Waals surface area contributed by atoms with Crippen LogP contribution in [-0.4, -0.2) is 17.9 Å². The molecule has 2 rings (SSSR count). The van der Waals surface area contributed by atoms with Crippen molar-refractivity contribution in [2.45, 2.75) is 53.6 Å². The van der Waals surface area contributed by atoms with E-state index in [2.05, 4.69) is 5.32 Å². The molecule has 2 amide bonds. The van der Waals surface area contributed by atoms with Crippen molar-refractivity contribution < 1.29 is 52.9 Å². The second-order valence-corrected chi connectivity index (χ2v) is 3.97. The van der Waals surface area contributed by atoms with Crippen LogP contribution in [0.25, 0.3) is 0 Å². The first-order chi connectivity index (χ1) is 10.1. The molecular weight excluding hydrogens is 362 g/mol. The zero-order valence-corrected chi connectivity index (χ0v) is 16.7. The number of hydrogen-bond donors (Lipinski definition) is 1. The Morgan fingerprint density at radius 3 is 2.32 bits per heavy atom. The van der Waals surface area contributed by atoms with Crippen LogP contribution in [0.5, 0.6) is 5.75 Å². The third kappa shape index (κ3) is 7.45. The third-order valence-corrected chi connectivity index (χ3v) is 2.61. The number of aryl methyl sites for hydroxylation is 1. The molecule has 6 heteroatoms. The van der Waals surface area contributed by atoms with Gasteiger partial charge in [0.15, 0.2) is 6.10 Å². The molecule has 1 fully saturated rings. The fourth-order valence-electron chi connectivity index (χ4n) is 1.60. The molecule has 123 valence electrons. The third-order valence-electron chi connectivity index (χ3n) is 2.61. The quantitative estimate of drug-likeness (QED) is 0.788. The Bertz CT molecular complexity index is 486. The number of benzene rings is 1. The molecule has 0 spiro atoms. The number of carbonyl (C=O) groups is 2. The van der Waals surface area contributed by atoms with Gasteiger partial charge < -0.3 is 4.74 Å². The minimum atomic E-state index is -0.727. The molecule has 0 saturated carbocycles. The largest absolute Gasteiger partial charge is 0.480 e. The van der Waals surface area contributed by atoms with E-state index < -0.39 is 12.0 Å². The van der Waals surface area contributed by atoms with Gasteiger partial charge in [0, 0.05) is 53.0 Å². The van der Waals surface area contributed by atoms with Crippen molar-refractivity contribution in [3.8, 4) is 5.75 Å². The van der Waals surface area contributed by atoms with Gasteiger partial charge in [0.2, 0.25) is 5.91 Å². The molecule has 1 aromatic rings. The van der Waals surface area contributed by atoms with E-state index in [1.807, 2.05) is 27.7 Å². The van der Waals surface area contributed by atoms with Crippen molar-refractivity contribution in [3.63, 3.8) is 0 Å². The first-order valence-corrected chi connectivity index (χ1v) is 7.33. The molecule has 1 saturated heterocycles. The maximum absolute atomic E-state index is 13.3. The van der Waals surface area contributed by atoms with E-state index in [0.29, 0.717) is 17.7 Å². The molecule has 1 aliphatic rings. The van der Waals surface area contributed by atoms with Gasteiger partial charge in [0.1, 0.15) is 11.6 Å². The van der Waals surface area contributed by atoms with E-state index >= 15 is 0 Å². The number of hydrogen-bond acceptors (Lipinski definition) is 3. The van der Waals surface area contributed by atoms with Gasteiger partial charge >= 0.3 is 0 Å². The Morgan fingerprint density at radius 2 is 1.82 bits per heavy atom. The summed E-state index contributed by atoms with van der Waals surface area (Å²) in [6.07, 6.45) is -0.167. The molecule has 0 aliphatic carbocycles. The van der Waals surface area contributed by atoms with Gasteiger partial charge in [-0.1, -0.05) is 33.8 Å². The maximum atomic E-state index is 13.3. The first kappa shape index (κ1) is 23.5. The van der Waals surface area contributed by atoms with Crippen molar-refractivity contribution in [1.82, 2.24) is 5.32 Å². The summed E-state index contributed by atoms with van der Waals surface area (Å²) in [5.41, 5.74) is 0.514. The molecule has 1 atom stereocenters. The Morgan fingerprint density at radius 1 is 1.23 bits per heavy atom. The van der Waals surface area contributed by atoms with Gasteiger partial charge in [0.25, 0.3) is 5.91 Å². The van der Waals surface area contributed by atoms with Gasteiger partial charge in [-0.15, -0.1) is 0 Å². The van der Waals surface area contributed by atoms with Crippen molar-refractivity contribution in [2.24, 2.45) is 0 Å². The number of imide groups is 1. The molecule has 0 aromatic heterocycles. The standard InChI is InChI=1S/C12H12FNO3.2C2H6.Y.H2/c1-7-2-3-8(6-9(7)13)17-10-4-5-11(15)14-12(10)16;2*1-2;;/h2-3,6,10H,4-5H2,1H3,(H,14,15,16);2*1-2H3;;1H. The Balaban J connectivity index is -0.000000619. The molecule has 1 radical (unpaired) electrons. The molecule has 4 nitrogen and oxygen atoms in total. The zero-order chi connectivity index (χ0) is 16.4. The molecule has 1 N–H and O–H groups in total. The van der Waals surface area contributed by atoms with Gasteiger partial charge in [-0.05, 0) is 18.6 Å². The molecule has 1 heterocycles. The number of rotatable bonds is 2. The van der Waals surface area contributed by atoms with Gasteiger partial charge in [0.05, 0.1) is 0 Å². The summed E-state index contributed by atoms with van der Waals surface area (Å²) in [5, 5.41) is 2.18. The molecule has 0 bridgehead atoms. The van der Waals surface area contributed by atoms with Gasteiger partial charge in [-0.3, -0.25) is 14.9 Å². The summed E-state index contributed by atoms with van der Waals surface area (Å²) < 4.78 is 18.6. The van der Waals surface area contributed by atoms with Crippen LogP contribution in [0, 0.1) is 12.7 Å². The Labute approximate surface area is 158 Å². The number of nitrogens with one attached hydrogen (secondary N) is 1. The van der Waals surface area contributed by atoms with E-state index in [9.17, 15) is 14.0 Å². The number of amides is 2. The normalized spacial score (nSPS) is 16.0. The molecule has 1 aromatic carbocycles. The van der Waals surface area contributed by atoms with Crippen LogP contribution >= 0.6 is 0 Å². The van der Waals surface area contributed by atoms with Gasteiger partial charge in [-0.25, -0.2) is 4.39 Å². The molecule has 1 aliphatic heterocycles. The average molecular weight is 388 g/mol. The van der Waals surface area contributed by atoms with E-state index in [0.717, 1.165) is 0 Å².